The lowest BCUT2D eigenvalue weighted by atomic mass is 9.82. The Balaban J connectivity index is 2.64. The molecule has 0 saturated heterocycles. The van der Waals surface area contributed by atoms with Crippen LogP contribution in [0.4, 0.5) is 0 Å². The highest BCUT2D eigenvalue weighted by molar-refractivity contribution is 5.65. The van der Waals surface area contributed by atoms with Gasteiger partial charge in [-0.05, 0) is 59.7 Å². The minimum atomic E-state index is -0.844. The Morgan fingerprint density at radius 3 is 1.85 bits per heavy atom. The lowest BCUT2D eigenvalue weighted by molar-refractivity contribution is 0.0785. The summed E-state index contributed by atoms with van der Waals surface area (Å²) in [5, 5.41) is 10.3. The maximum Gasteiger partial charge on any atom is 0.0840 e. The molecule has 0 aliphatic rings. The molecule has 2 rings (SSSR count). The zero-order valence-corrected chi connectivity index (χ0v) is 12.9. The maximum atomic E-state index is 10.3. The summed E-state index contributed by atoms with van der Waals surface area (Å²) in [7, 11) is 0. The van der Waals surface area contributed by atoms with Crippen LogP contribution in [0.25, 0.3) is 11.1 Å². The van der Waals surface area contributed by atoms with Crippen LogP contribution in [0.15, 0.2) is 42.7 Å². The molecule has 1 aromatic carbocycles. The molecule has 0 aliphatic carbocycles. The fourth-order valence-electron chi connectivity index (χ4n) is 2.12. The van der Waals surface area contributed by atoms with Gasteiger partial charge in [-0.3, -0.25) is 4.98 Å². The number of pyridine rings is 1. The highest BCUT2D eigenvalue weighted by Gasteiger charge is 2.21. The van der Waals surface area contributed by atoms with Crippen LogP contribution in [0.2, 0.25) is 0 Å². The number of aliphatic hydroxyl groups is 1. The third-order valence-electron chi connectivity index (χ3n) is 3.52. The Bertz CT molecular complexity index is 557. The van der Waals surface area contributed by atoms with Crippen LogP contribution in [0, 0.1) is 0 Å². The van der Waals surface area contributed by atoms with Gasteiger partial charge in [0.2, 0.25) is 0 Å². The second-order valence-corrected chi connectivity index (χ2v) is 6.84. The van der Waals surface area contributed by atoms with Crippen molar-refractivity contribution in [3.05, 3.63) is 53.9 Å². The van der Waals surface area contributed by atoms with E-state index < -0.39 is 5.60 Å². The van der Waals surface area contributed by atoms with Crippen LogP contribution in [0.1, 0.15) is 45.7 Å². The molecule has 20 heavy (non-hydrogen) atoms. The van der Waals surface area contributed by atoms with E-state index in [0.717, 1.165) is 16.7 Å². The second-order valence-electron chi connectivity index (χ2n) is 6.84. The van der Waals surface area contributed by atoms with E-state index in [1.807, 2.05) is 26.0 Å². The fourth-order valence-corrected chi connectivity index (χ4v) is 2.12. The summed E-state index contributed by atoms with van der Waals surface area (Å²) >= 11 is 0. The number of hydrogen-bond donors (Lipinski definition) is 1. The van der Waals surface area contributed by atoms with Gasteiger partial charge in [0.05, 0.1) is 5.60 Å². The van der Waals surface area contributed by atoms with Crippen molar-refractivity contribution in [2.24, 2.45) is 0 Å². The summed E-state index contributed by atoms with van der Waals surface area (Å²) < 4.78 is 0. The Morgan fingerprint density at radius 1 is 0.800 bits per heavy atom. The number of aromatic nitrogens is 1. The van der Waals surface area contributed by atoms with Crippen LogP contribution in [0.3, 0.4) is 0 Å². The summed E-state index contributed by atoms with van der Waals surface area (Å²) in [4.78, 5) is 4.06. The summed E-state index contributed by atoms with van der Waals surface area (Å²) in [6, 6.07) is 10.4. The summed E-state index contributed by atoms with van der Waals surface area (Å²) in [5.41, 5.74) is 3.61. The Kier molecular flexibility index (Phi) is 3.70. The molecule has 0 aliphatic heterocycles. The van der Waals surface area contributed by atoms with Gasteiger partial charge in [0.1, 0.15) is 0 Å². The van der Waals surface area contributed by atoms with Crippen molar-refractivity contribution >= 4 is 0 Å². The van der Waals surface area contributed by atoms with E-state index in [1.165, 1.54) is 5.56 Å². The lowest BCUT2D eigenvalue weighted by Crippen LogP contribution is -2.18. The first-order valence-electron chi connectivity index (χ1n) is 6.97. The van der Waals surface area contributed by atoms with E-state index in [-0.39, 0.29) is 5.41 Å². The average Bonchev–Trinajstić information content (AvgIpc) is 2.37. The van der Waals surface area contributed by atoms with Gasteiger partial charge in [-0.15, -0.1) is 0 Å². The monoisotopic (exact) mass is 269 g/mol. The summed E-state index contributed by atoms with van der Waals surface area (Å²) in [6.45, 7) is 10.2. The van der Waals surface area contributed by atoms with Crippen molar-refractivity contribution in [2.75, 3.05) is 0 Å². The second kappa shape index (κ2) is 5.02. The fraction of sp³-hybridized carbons (Fsp3) is 0.389. The van der Waals surface area contributed by atoms with Gasteiger partial charge in [-0.25, -0.2) is 0 Å². The number of rotatable bonds is 2. The number of hydrogen-bond acceptors (Lipinski definition) is 2. The normalized spacial score (nSPS) is 12.5. The van der Waals surface area contributed by atoms with Gasteiger partial charge >= 0.3 is 0 Å². The zero-order chi connectivity index (χ0) is 15.0. The van der Waals surface area contributed by atoms with Gasteiger partial charge in [0, 0.05) is 12.4 Å². The topological polar surface area (TPSA) is 33.1 Å². The summed E-state index contributed by atoms with van der Waals surface area (Å²) in [5.74, 6) is 0. The molecule has 2 nitrogen and oxygen atoms in total. The molecule has 1 N–H and O–H groups in total. The molecule has 0 unspecified atom stereocenters. The van der Waals surface area contributed by atoms with Gasteiger partial charge in [0.15, 0.2) is 0 Å². The van der Waals surface area contributed by atoms with Crippen molar-refractivity contribution in [1.82, 2.24) is 4.98 Å². The summed E-state index contributed by atoms with van der Waals surface area (Å²) in [6.07, 6.45) is 3.59. The molecule has 1 aromatic heterocycles. The van der Waals surface area contributed by atoms with Crippen LogP contribution in [-0.4, -0.2) is 10.1 Å². The Hall–Kier alpha value is -1.67. The standard InChI is InChI=1S/C18H23NO/c1-17(2,3)15-10-14(13-6-8-19-9-7-13)11-16(12-15)18(4,5)20/h6-12,20H,1-5H3. The number of benzene rings is 1. The molecule has 2 heteroatoms. The number of nitrogens with zero attached hydrogens (tertiary/aromatic N) is 1. The molecule has 2 aromatic rings. The molecule has 0 saturated carbocycles. The largest absolute Gasteiger partial charge is 0.386 e. The average molecular weight is 269 g/mol. The maximum absolute atomic E-state index is 10.3. The van der Waals surface area contributed by atoms with E-state index in [0.29, 0.717) is 0 Å². The molecule has 0 bridgehead atoms. The van der Waals surface area contributed by atoms with Crippen LogP contribution >= 0.6 is 0 Å². The van der Waals surface area contributed by atoms with Gasteiger partial charge in [-0.2, -0.15) is 0 Å². The molecule has 106 valence electrons. The highest BCUT2D eigenvalue weighted by Crippen LogP contribution is 2.32. The van der Waals surface area contributed by atoms with Gasteiger partial charge in [-0.1, -0.05) is 32.9 Å². The van der Waals surface area contributed by atoms with Crippen molar-refractivity contribution in [3.63, 3.8) is 0 Å². The van der Waals surface area contributed by atoms with E-state index in [2.05, 4.69) is 44.0 Å². The lowest BCUT2D eigenvalue weighted by Gasteiger charge is -2.25. The van der Waals surface area contributed by atoms with E-state index in [4.69, 9.17) is 0 Å². The first-order chi connectivity index (χ1) is 9.18. The molecule has 1 heterocycles. The minimum Gasteiger partial charge on any atom is -0.386 e. The predicted molar refractivity (Wildman–Crippen MR) is 83.6 cm³/mol. The molecule has 0 radical (unpaired) electrons. The van der Waals surface area contributed by atoms with Crippen molar-refractivity contribution in [1.29, 1.82) is 0 Å². The molecule has 0 atom stereocenters. The Morgan fingerprint density at radius 2 is 1.35 bits per heavy atom. The SMILES string of the molecule is CC(C)(C)c1cc(-c2ccncc2)cc(C(C)(C)O)c1. The molecular formula is C18H23NO. The smallest absolute Gasteiger partial charge is 0.0840 e. The first kappa shape index (κ1) is 14.7. The zero-order valence-electron chi connectivity index (χ0n) is 12.9. The van der Waals surface area contributed by atoms with Crippen LogP contribution < -0.4 is 0 Å². The van der Waals surface area contributed by atoms with Crippen LogP contribution in [0.5, 0.6) is 0 Å². The van der Waals surface area contributed by atoms with Crippen LogP contribution in [-0.2, 0) is 11.0 Å². The molecule has 0 fully saturated rings. The molecule has 0 spiro atoms. The predicted octanol–water partition coefficient (Wildman–Crippen LogP) is 4.27. The third kappa shape index (κ3) is 3.26. The van der Waals surface area contributed by atoms with E-state index >= 15 is 0 Å². The Labute approximate surface area is 121 Å². The van der Waals surface area contributed by atoms with Gasteiger partial charge in [0.25, 0.3) is 0 Å². The van der Waals surface area contributed by atoms with E-state index in [9.17, 15) is 5.11 Å². The molecular weight excluding hydrogens is 246 g/mol. The quantitative estimate of drug-likeness (QED) is 0.883. The van der Waals surface area contributed by atoms with Crippen molar-refractivity contribution < 1.29 is 5.11 Å². The third-order valence-corrected chi connectivity index (χ3v) is 3.52. The highest BCUT2D eigenvalue weighted by atomic mass is 16.3. The first-order valence-corrected chi connectivity index (χ1v) is 6.97. The van der Waals surface area contributed by atoms with Gasteiger partial charge < -0.3 is 5.11 Å². The minimum absolute atomic E-state index is 0.0447. The van der Waals surface area contributed by atoms with Crippen molar-refractivity contribution in [2.45, 2.75) is 45.6 Å². The van der Waals surface area contributed by atoms with Crippen molar-refractivity contribution in [3.8, 4) is 11.1 Å². The molecule has 0 amide bonds. The van der Waals surface area contributed by atoms with E-state index in [1.54, 1.807) is 12.4 Å².